The Morgan fingerprint density at radius 1 is 1.62 bits per heavy atom. The third kappa shape index (κ3) is 2.40. The molecule has 2 nitrogen and oxygen atoms in total. The third-order valence-corrected chi connectivity index (χ3v) is 2.54. The van der Waals surface area contributed by atoms with Gasteiger partial charge in [-0.1, -0.05) is 6.07 Å². The van der Waals surface area contributed by atoms with E-state index in [1.54, 1.807) is 35.6 Å². The van der Waals surface area contributed by atoms with Crippen molar-refractivity contribution in [2.45, 2.75) is 6.92 Å². The zero-order valence-corrected chi connectivity index (χ0v) is 9.17. The fourth-order valence-electron chi connectivity index (χ4n) is 0.870. The van der Waals surface area contributed by atoms with E-state index < -0.39 is 11.8 Å². The summed E-state index contributed by atoms with van der Waals surface area (Å²) in [5.74, 6) is -0.877. The Morgan fingerprint density at radius 2 is 2.31 bits per heavy atom. The molecule has 0 aliphatic rings. The number of carbonyl (C=O) groups is 1. The van der Waals surface area contributed by atoms with Gasteiger partial charge in [-0.15, -0.1) is 0 Å². The predicted octanol–water partition coefficient (Wildman–Crippen LogP) is 2.61. The van der Waals surface area contributed by atoms with Gasteiger partial charge in [0.25, 0.3) is 0 Å². The van der Waals surface area contributed by atoms with Crippen molar-refractivity contribution < 1.29 is 13.9 Å². The van der Waals surface area contributed by atoms with Crippen molar-refractivity contribution in [1.82, 2.24) is 0 Å². The van der Waals surface area contributed by atoms with E-state index in [4.69, 9.17) is 4.74 Å². The minimum Gasteiger partial charge on any atom is -0.462 e. The second-order valence-electron chi connectivity index (χ2n) is 2.32. The molecule has 0 spiro atoms. The second kappa shape index (κ2) is 4.55. The van der Waals surface area contributed by atoms with Crippen LogP contribution in [0.1, 0.15) is 17.3 Å². The van der Waals surface area contributed by atoms with Crippen molar-refractivity contribution in [2.75, 3.05) is 6.61 Å². The summed E-state index contributed by atoms with van der Waals surface area (Å²) in [6.45, 7) is 2.01. The Bertz CT molecular complexity index is 325. The van der Waals surface area contributed by atoms with Gasteiger partial charge >= 0.3 is 5.97 Å². The van der Waals surface area contributed by atoms with E-state index >= 15 is 0 Å². The van der Waals surface area contributed by atoms with Crippen molar-refractivity contribution in [1.29, 1.82) is 0 Å². The summed E-state index contributed by atoms with van der Waals surface area (Å²) in [6, 6.07) is 4.34. The lowest BCUT2D eigenvalue weighted by Crippen LogP contribution is -2.07. The van der Waals surface area contributed by atoms with E-state index in [0.717, 1.165) is 0 Å². The lowest BCUT2D eigenvalue weighted by atomic mass is 10.2. The predicted molar refractivity (Wildman–Crippen MR) is 55.1 cm³/mol. The van der Waals surface area contributed by atoms with Crippen LogP contribution in [0.15, 0.2) is 18.2 Å². The minimum absolute atomic E-state index is 0.280. The summed E-state index contributed by atoms with van der Waals surface area (Å²) in [5.41, 5.74) is 0.280. The van der Waals surface area contributed by atoms with Crippen molar-refractivity contribution in [3.63, 3.8) is 0 Å². The zero-order valence-electron chi connectivity index (χ0n) is 7.01. The van der Waals surface area contributed by atoms with Gasteiger partial charge in [-0.25, -0.2) is 9.18 Å². The second-order valence-corrected chi connectivity index (χ2v) is 3.40. The van der Waals surface area contributed by atoms with Crippen LogP contribution in [-0.2, 0) is 4.74 Å². The van der Waals surface area contributed by atoms with Gasteiger partial charge < -0.3 is 4.74 Å². The molecule has 1 aromatic carbocycles. The van der Waals surface area contributed by atoms with Crippen LogP contribution in [0.5, 0.6) is 0 Å². The van der Waals surface area contributed by atoms with Crippen LogP contribution in [0.4, 0.5) is 4.39 Å². The summed E-state index contributed by atoms with van der Waals surface area (Å²) in [5, 5.41) is 0. The molecule has 0 aromatic heterocycles. The third-order valence-electron chi connectivity index (χ3n) is 1.45. The van der Waals surface area contributed by atoms with Crippen molar-refractivity contribution in [3.05, 3.63) is 33.1 Å². The molecule has 0 fully saturated rings. The molecule has 0 aliphatic heterocycles. The quantitative estimate of drug-likeness (QED) is 0.619. The first-order chi connectivity index (χ1) is 6.16. The highest BCUT2D eigenvalue weighted by atomic mass is 127. The smallest absolute Gasteiger partial charge is 0.339 e. The van der Waals surface area contributed by atoms with Gasteiger partial charge in [0.05, 0.1) is 15.7 Å². The molecule has 0 heterocycles. The van der Waals surface area contributed by atoms with Gasteiger partial charge in [-0.05, 0) is 41.6 Å². The van der Waals surface area contributed by atoms with Gasteiger partial charge in [0.1, 0.15) is 5.82 Å². The Labute approximate surface area is 89.2 Å². The van der Waals surface area contributed by atoms with Crippen LogP contribution in [0.3, 0.4) is 0 Å². The highest BCUT2D eigenvalue weighted by molar-refractivity contribution is 14.1. The number of halogens is 2. The van der Waals surface area contributed by atoms with Crippen molar-refractivity contribution >= 4 is 28.6 Å². The molecule has 0 bridgehead atoms. The molecule has 0 unspecified atom stereocenters. The molecule has 0 N–H and O–H groups in total. The molecular formula is C9H8FIO2. The highest BCUT2D eigenvalue weighted by Gasteiger charge is 2.12. The molecule has 0 saturated heterocycles. The molecule has 0 radical (unpaired) electrons. The van der Waals surface area contributed by atoms with Crippen LogP contribution in [0.2, 0.25) is 0 Å². The fraction of sp³-hybridized carbons (Fsp3) is 0.222. The summed E-state index contributed by atoms with van der Waals surface area (Å²) in [4.78, 5) is 11.2. The molecule has 1 rings (SSSR count). The van der Waals surface area contributed by atoms with Crippen molar-refractivity contribution in [2.24, 2.45) is 0 Å². The lowest BCUT2D eigenvalue weighted by Gasteiger charge is -2.03. The standard InChI is InChI=1S/C9H8FIO2/c1-2-13-9(12)6-4-3-5-7(10)8(6)11/h3-5H,2H2,1H3. The number of esters is 1. The van der Waals surface area contributed by atoms with E-state index in [0.29, 0.717) is 10.2 Å². The van der Waals surface area contributed by atoms with Gasteiger partial charge in [0, 0.05) is 0 Å². The average molecular weight is 294 g/mol. The van der Waals surface area contributed by atoms with E-state index in [1.807, 2.05) is 0 Å². The first-order valence-corrected chi connectivity index (χ1v) is 4.85. The Morgan fingerprint density at radius 3 is 2.92 bits per heavy atom. The van der Waals surface area contributed by atoms with Gasteiger partial charge in [-0.3, -0.25) is 0 Å². The maximum Gasteiger partial charge on any atom is 0.339 e. The molecule has 13 heavy (non-hydrogen) atoms. The molecule has 70 valence electrons. The van der Waals surface area contributed by atoms with Gasteiger partial charge in [-0.2, -0.15) is 0 Å². The SMILES string of the molecule is CCOC(=O)c1cccc(F)c1I. The Kier molecular flexibility index (Phi) is 3.65. The Balaban J connectivity index is 3.01. The number of benzene rings is 1. The minimum atomic E-state index is -0.480. The maximum atomic E-state index is 13.0. The molecule has 0 amide bonds. The van der Waals surface area contributed by atoms with E-state index in [2.05, 4.69) is 0 Å². The van der Waals surface area contributed by atoms with E-state index in [1.165, 1.54) is 12.1 Å². The largest absolute Gasteiger partial charge is 0.462 e. The topological polar surface area (TPSA) is 26.3 Å². The molecular weight excluding hydrogens is 286 g/mol. The number of hydrogen-bond donors (Lipinski definition) is 0. The molecule has 0 saturated carbocycles. The van der Waals surface area contributed by atoms with Crippen molar-refractivity contribution in [3.8, 4) is 0 Å². The first-order valence-electron chi connectivity index (χ1n) is 3.78. The van der Waals surface area contributed by atoms with Crippen LogP contribution in [0, 0.1) is 9.39 Å². The normalized spacial score (nSPS) is 9.77. The summed E-state index contributed by atoms with van der Waals surface area (Å²) < 4.78 is 18.0. The summed E-state index contributed by atoms with van der Waals surface area (Å²) in [6.07, 6.45) is 0. The Hall–Kier alpha value is -0.650. The maximum absolute atomic E-state index is 13.0. The first kappa shape index (κ1) is 10.4. The number of hydrogen-bond acceptors (Lipinski definition) is 2. The summed E-state index contributed by atoms with van der Waals surface area (Å²) in [7, 11) is 0. The summed E-state index contributed by atoms with van der Waals surface area (Å²) >= 11 is 1.78. The molecule has 1 aromatic rings. The van der Waals surface area contributed by atoms with E-state index in [9.17, 15) is 9.18 Å². The lowest BCUT2D eigenvalue weighted by molar-refractivity contribution is 0.0524. The van der Waals surface area contributed by atoms with Crippen LogP contribution in [-0.4, -0.2) is 12.6 Å². The van der Waals surface area contributed by atoms with E-state index in [-0.39, 0.29) is 5.56 Å². The molecule has 0 aliphatic carbocycles. The highest BCUT2D eigenvalue weighted by Crippen LogP contribution is 2.16. The monoisotopic (exact) mass is 294 g/mol. The van der Waals surface area contributed by atoms with Gasteiger partial charge in [0.2, 0.25) is 0 Å². The van der Waals surface area contributed by atoms with Crippen LogP contribution < -0.4 is 0 Å². The van der Waals surface area contributed by atoms with Crippen LogP contribution in [0.25, 0.3) is 0 Å². The average Bonchev–Trinajstić information content (AvgIpc) is 2.10. The molecule has 4 heteroatoms. The number of rotatable bonds is 2. The van der Waals surface area contributed by atoms with Crippen LogP contribution >= 0.6 is 22.6 Å². The number of carbonyl (C=O) groups excluding carboxylic acids is 1. The fourth-order valence-corrected chi connectivity index (χ4v) is 1.45. The van der Waals surface area contributed by atoms with Gasteiger partial charge in [0.15, 0.2) is 0 Å². The number of ether oxygens (including phenoxy) is 1. The molecule has 0 atom stereocenters. The zero-order chi connectivity index (χ0) is 9.84.